The van der Waals surface area contributed by atoms with Crippen LogP contribution in [0.15, 0.2) is 24.3 Å². The molecule has 114 valence electrons. The topological polar surface area (TPSA) is 55.6 Å². The van der Waals surface area contributed by atoms with Crippen molar-refractivity contribution in [1.29, 1.82) is 0 Å². The van der Waals surface area contributed by atoms with E-state index >= 15 is 0 Å². The minimum Gasteiger partial charge on any atom is -0.377 e. The van der Waals surface area contributed by atoms with E-state index in [1.54, 1.807) is 0 Å². The van der Waals surface area contributed by atoms with Crippen molar-refractivity contribution in [2.75, 3.05) is 13.2 Å². The molecule has 1 saturated heterocycles. The lowest BCUT2D eigenvalue weighted by molar-refractivity contribution is -0.00879. The van der Waals surface area contributed by atoms with Crippen LogP contribution in [0.5, 0.6) is 0 Å². The number of carbonyl (C=O) groups is 1. The monoisotopic (exact) mass is 288 g/mol. The van der Waals surface area contributed by atoms with E-state index in [0.29, 0.717) is 17.7 Å². The van der Waals surface area contributed by atoms with Gasteiger partial charge in [0.05, 0.1) is 6.10 Å². The fraction of sp³-hybridized carbons (Fsp3) is 0.588. The van der Waals surface area contributed by atoms with Gasteiger partial charge in [0.25, 0.3) is 0 Å². The van der Waals surface area contributed by atoms with Gasteiger partial charge in [-0.3, -0.25) is 9.69 Å². The fourth-order valence-electron chi connectivity index (χ4n) is 3.00. The smallest absolute Gasteiger partial charge is 0.248 e. The molecule has 2 aliphatic rings. The van der Waals surface area contributed by atoms with Crippen molar-refractivity contribution in [2.45, 2.75) is 50.8 Å². The predicted molar refractivity (Wildman–Crippen MR) is 82.0 cm³/mol. The molecule has 1 atom stereocenters. The first-order chi connectivity index (χ1) is 10.2. The standard InChI is InChI=1S/C17H24N2O2/c18-17(20)14-6-4-13(5-7-14)11-19(15-8-9-15)12-16-3-1-2-10-21-16/h4-7,15-16H,1-3,8-12H2,(H2,18,20). The molecule has 0 radical (unpaired) electrons. The molecular weight excluding hydrogens is 264 g/mol. The van der Waals surface area contributed by atoms with Gasteiger partial charge in [0, 0.05) is 31.3 Å². The van der Waals surface area contributed by atoms with Crippen molar-refractivity contribution < 1.29 is 9.53 Å². The average molecular weight is 288 g/mol. The third kappa shape index (κ3) is 4.05. The van der Waals surface area contributed by atoms with Crippen LogP contribution in [0, 0.1) is 0 Å². The Kier molecular flexibility index (Phi) is 4.56. The van der Waals surface area contributed by atoms with E-state index in [-0.39, 0.29) is 5.91 Å². The second-order valence-corrected chi connectivity index (χ2v) is 6.21. The molecule has 4 heteroatoms. The number of nitrogens with zero attached hydrogens (tertiary/aromatic N) is 1. The summed E-state index contributed by atoms with van der Waals surface area (Å²) >= 11 is 0. The summed E-state index contributed by atoms with van der Waals surface area (Å²) in [6, 6.07) is 8.38. The van der Waals surface area contributed by atoms with Crippen LogP contribution in [-0.2, 0) is 11.3 Å². The van der Waals surface area contributed by atoms with Gasteiger partial charge in [-0.05, 0) is 49.8 Å². The maximum absolute atomic E-state index is 11.1. The van der Waals surface area contributed by atoms with Gasteiger partial charge in [0.15, 0.2) is 0 Å². The van der Waals surface area contributed by atoms with Gasteiger partial charge < -0.3 is 10.5 Å². The molecule has 1 amide bonds. The van der Waals surface area contributed by atoms with Gasteiger partial charge in [-0.15, -0.1) is 0 Å². The van der Waals surface area contributed by atoms with E-state index in [4.69, 9.17) is 10.5 Å². The van der Waals surface area contributed by atoms with Crippen molar-refractivity contribution in [3.63, 3.8) is 0 Å². The molecule has 4 nitrogen and oxygen atoms in total. The molecule has 1 unspecified atom stereocenters. The summed E-state index contributed by atoms with van der Waals surface area (Å²) in [6.07, 6.45) is 6.66. The van der Waals surface area contributed by atoms with E-state index in [2.05, 4.69) is 4.90 Å². The van der Waals surface area contributed by atoms with Crippen LogP contribution in [-0.4, -0.2) is 36.1 Å². The SMILES string of the molecule is NC(=O)c1ccc(CN(CC2CCCCO2)C2CC2)cc1. The molecule has 1 aromatic carbocycles. The summed E-state index contributed by atoms with van der Waals surface area (Å²) < 4.78 is 5.87. The highest BCUT2D eigenvalue weighted by atomic mass is 16.5. The molecule has 2 fully saturated rings. The summed E-state index contributed by atoms with van der Waals surface area (Å²) in [5.41, 5.74) is 7.10. The quantitative estimate of drug-likeness (QED) is 0.874. The van der Waals surface area contributed by atoms with Crippen LogP contribution >= 0.6 is 0 Å². The molecular formula is C17H24N2O2. The Bertz CT molecular complexity index is 476. The van der Waals surface area contributed by atoms with E-state index in [1.807, 2.05) is 24.3 Å². The van der Waals surface area contributed by atoms with E-state index < -0.39 is 0 Å². The predicted octanol–water partition coefficient (Wildman–Crippen LogP) is 2.32. The summed E-state index contributed by atoms with van der Waals surface area (Å²) in [7, 11) is 0. The maximum atomic E-state index is 11.1. The Balaban J connectivity index is 1.60. The molecule has 1 heterocycles. The highest BCUT2D eigenvalue weighted by Gasteiger charge is 2.31. The number of amides is 1. The highest BCUT2D eigenvalue weighted by molar-refractivity contribution is 5.92. The number of hydrogen-bond donors (Lipinski definition) is 1. The number of rotatable bonds is 6. The van der Waals surface area contributed by atoms with Crippen LogP contribution in [0.1, 0.15) is 48.0 Å². The van der Waals surface area contributed by atoms with Crippen LogP contribution < -0.4 is 5.73 Å². The third-order valence-corrected chi connectivity index (χ3v) is 4.40. The molecule has 3 rings (SSSR count). The molecule has 1 aliphatic carbocycles. The van der Waals surface area contributed by atoms with Crippen molar-refractivity contribution in [3.05, 3.63) is 35.4 Å². The molecule has 1 aliphatic heterocycles. The van der Waals surface area contributed by atoms with Gasteiger partial charge in [-0.2, -0.15) is 0 Å². The van der Waals surface area contributed by atoms with Gasteiger partial charge in [0.2, 0.25) is 5.91 Å². The number of nitrogens with two attached hydrogens (primary N) is 1. The lowest BCUT2D eigenvalue weighted by Gasteiger charge is -2.30. The van der Waals surface area contributed by atoms with E-state index in [0.717, 1.165) is 19.7 Å². The lowest BCUT2D eigenvalue weighted by Crippen LogP contribution is -2.36. The molecule has 0 bridgehead atoms. The van der Waals surface area contributed by atoms with Gasteiger partial charge in [-0.1, -0.05) is 12.1 Å². The average Bonchev–Trinajstić information content (AvgIpc) is 3.33. The van der Waals surface area contributed by atoms with Crippen LogP contribution in [0.25, 0.3) is 0 Å². The Morgan fingerprint density at radius 3 is 2.52 bits per heavy atom. The zero-order valence-electron chi connectivity index (χ0n) is 12.5. The van der Waals surface area contributed by atoms with Crippen LogP contribution in [0.2, 0.25) is 0 Å². The number of benzene rings is 1. The second-order valence-electron chi connectivity index (χ2n) is 6.21. The molecule has 21 heavy (non-hydrogen) atoms. The minimum absolute atomic E-state index is 0.365. The maximum Gasteiger partial charge on any atom is 0.248 e. The Morgan fingerprint density at radius 2 is 1.95 bits per heavy atom. The Morgan fingerprint density at radius 1 is 1.19 bits per heavy atom. The van der Waals surface area contributed by atoms with Gasteiger partial charge >= 0.3 is 0 Å². The zero-order chi connectivity index (χ0) is 14.7. The van der Waals surface area contributed by atoms with Crippen molar-refractivity contribution >= 4 is 5.91 Å². The normalized spacial score (nSPS) is 22.4. The highest BCUT2D eigenvalue weighted by Crippen LogP contribution is 2.29. The lowest BCUT2D eigenvalue weighted by atomic mass is 10.1. The summed E-state index contributed by atoms with van der Waals surface area (Å²) in [4.78, 5) is 13.6. The van der Waals surface area contributed by atoms with Crippen LogP contribution in [0.3, 0.4) is 0 Å². The van der Waals surface area contributed by atoms with E-state index in [1.165, 1.54) is 37.7 Å². The molecule has 0 spiro atoms. The molecule has 1 saturated carbocycles. The number of carbonyl (C=O) groups excluding carboxylic acids is 1. The third-order valence-electron chi connectivity index (χ3n) is 4.40. The molecule has 2 N–H and O–H groups in total. The largest absolute Gasteiger partial charge is 0.377 e. The second kappa shape index (κ2) is 6.58. The Labute approximate surface area is 126 Å². The first-order valence-electron chi connectivity index (χ1n) is 7.97. The first-order valence-corrected chi connectivity index (χ1v) is 7.97. The summed E-state index contributed by atoms with van der Waals surface area (Å²) in [5.74, 6) is -0.365. The van der Waals surface area contributed by atoms with Gasteiger partial charge in [-0.25, -0.2) is 0 Å². The number of primary amides is 1. The number of hydrogen-bond acceptors (Lipinski definition) is 3. The zero-order valence-corrected chi connectivity index (χ0v) is 12.5. The van der Waals surface area contributed by atoms with Gasteiger partial charge in [0.1, 0.15) is 0 Å². The number of ether oxygens (including phenoxy) is 1. The summed E-state index contributed by atoms with van der Waals surface area (Å²) in [6.45, 7) is 2.88. The molecule has 0 aromatic heterocycles. The van der Waals surface area contributed by atoms with E-state index in [9.17, 15) is 4.79 Å². The van der Waals surface area contributed by atoms with Crippen molar-refractivity contribution in [2.24, 2.45) is 5.73 Å². The molecule has 1 aromatic rings. The van der Waals surface area contributed by atoms with Crippen molar-refractivity contribution in [3.8, 4) is 0 Å². The minimum atomic E-state index is -0.365. The fourth-order valence-corrected chi connectivity index (χ4v) is 3.00. The van der Waals surface area contributed by atoms with Crippen LogP contribution in [0.4, 0.5) is 0 Å². The Hall–Kier alpha value is -1.39. The summed E-state index contributed by atoms with van der Waals surface area (Å²) in [5, 5.41) is 0. The van der Waals surface area contributed by atoms with Crippen molar-refractivity contribution in [1.82, 2.24) is 4.90 Å². The first kappa shape index (κ1) is 14.5.